The minimum absolute atomic E-state index is 0.187. The van der Waals surface area contributed by atoms with Crippen molar-refractivity contribution in [3.8, 4) is 0 Å². The van der Waals surface area contributed by atoms with Crippen LogP contribution in [0.1, 0.15) is 12.0 Å². The second kappa shape index (κ2) is 4.53. The maximum atomic E-state index is 10.7. The van der Waals surface area contributed by atoms with E-state index in [1.165, 1.54) is 17.7 Å². The Morgan fingerprint density at radius 1 is 1.37 bits per heavy atom. The lowest BCUT2D eigenvalue weighted by molar-refractivity contribution is -0.141. The Balaban J connectivity index is 1.61. The summed E-state index contributed by atoms with van der Waals surface area (Å²) < 4.78 is 0. The lowest BCUT2D eigenvalue weighted by atomic mass is 9.79. The molecule has 0 aromatic heterocycles. The van der Waals surface area contributed by atoms with Crippen molar-refractivity contribution in [3.05, 3.63) is 29.8 Å². The van der Waals surface area contributed by atoms with Crippen LogP contribution in [0.3, 0.4) is 0 Å². The molecule has 4 nitrogen and oxygen atoms in total. The van der Waals surface area contributed by atoms with Gasteiger partial charge in [0.1, 0.15) is 0 Å². The van der Waals surface area contributed by atoms with Crippen molar-refractivity contribution in [3.63, 3.8) is 0 Å². The van der Waals surface area contributed by atoms with Crippen molar-refractivity contribution < 1.29 is 9.90 Å². The van der Waals surface area contributed by atoms with Crippen LogP contribution in [-0.2, 0) is 4.79 Å². The molecule has 19 heavy (non-hydrogen) atoms. The second-order valence-electron chi connectivity index (χ2n) is 6.05. The van der Waals surface area contributed by atoms with Gasteiger partial charge in [0.15, 0.2) is 0 Å². The number of carbonyl (C=O) groups is 1. The van der Waals surface area contributed by atoms with E-state index in [1.54, 1.807) is 0 Å². The zero-order valence-corrected chi connectivity index (χ0v) is 11.3. The number of aryl methyl sites for hydroxylation is 1. The van der Waals surface area contributed by atoms with Gasteiger partial charge in [-0.15, -0.1) is 0 Å². The molecule has 3 rings (SSSR count). The molecule has 2 heterocycles. The molecule has 0 bridgehead atoms. The van der Waals surface area contributed by atoms with Crippen LogP contribution in [0.15, 0.2) is 24.3 Å². The largest absolute Gasteiger partial charge is 0.480 e. The topological polar surface area (TPSA) is 43.8 Å². The predicted molar refractivity (Wildman–Crippen MR) is 74.5 cm³/mol. The molecule has 0 saturated carbocycles. The monoisotopic (exact) mass is 260 g/mol. The fourth-order valence-electron chi connectivity index (χ4n) is 3.44. The third-order valence-electron chi connectivity index (χ3n) is 4.28. The van der Waals surface area contributed by atoms with E-state index in [4.69, 9.17) is 5.11 Å². The summed E-state index contributed by atoms with van der Waals surface area (Å²) in [4.78, 5) is 15.1. The third kappa shape index (κ3) is 2.45. The third-order valence-corrected chi connectivity index (χ3v) is 4.28. The molecule has 4 heteroatoms. The van der Waals surface area contributed by atoms with Crippen LogP contribution < -0.4 is 4.90 Å². The van der Waals surface area contributed by atoms with Crippen LogP contribution in [0.5, 0.6) is 0 Å². The van der Waals surface area contributed by atoms with Gasteiger partial charge in [-0.2, -0.15) is 0 Å². The highest BCUT2D eigenvalue weighted by atomic mass is 16.4. The van der Waals surface area contributed by atoms with Gasteiger partial charge in [0.05, 0.1) is 6.54 Å². The first-order chi connectivity index (χ1) is 9.06. The Hall–Kier alpha value is -1.55. The van der Waals surface area contributed by atoms with Crippen molar-refractivity contribution in [1.29, 1.82) is 0 Å². The first kappa shape index (κ1) is 12.5. The van der Waals surface area contributed by atoms with Crippen LogP contribution in [0.2, 0.25) is 0 Å². The molecule has 2 aliphatic rings. The molecule has 1 aromatic carbocycles. The normalized spacial score (nSPS) is 21.6. The standard InChI is InChI=1S/C15H20N2O2/c1-12-3-2-4-13(7-12)17-6-5-15(11-17)9-16(10-15)8-14(18)19/h2-4,7H,5-6,8-11H2,1H3,(H,18,19). The molecule has 2 fully saturated rings. The van der Waals surface area contributed by atoms with Crippen LogP contribution >= 0.6 is 0 Å². The van der Waals surface area contributed by atoms with Crippen LogP contribution in [0.4, 0.5) is 5.69 Å². The van der Waals surface area contributed by atoms with Gasteiger partial charge in [-0.1, -0.05) is 12.1 Å². The van der Waals surface area contributed by atoms with Gasteiger partial charge in [0.25, 0.3) is 0 Å². The van der Waals surface area contributed by atoms with E-state index in [0.29, 0.717) is 5.41 Å². The lowest BCUT2D eigenvalue weighted by Gasteiger charge is -2.47. The summed E-state index contributed by atoms with van der Waals surface area (Å²) in [7, 11) is 0. The summed E-state index contributed by atoms with van der Waals surface area (Å²) in [6.45, 7) is 6.32. The number of carboxylic acid groups (broad SMARTS) is 1. The van der Waals surface area contributed by atoms with E-state index in [9.17, 15) is 4.79 Å². The summed E-state index contributed by atoms with van der Waals surface area (Å²) in [5, 5.41) is 8.79. The summed E-state index contributed by atoms with van der Waals surface area (Å²) >= 11 is 0. The number of anilines is 1. The highest BCUT2D eigenvalue weighted by Gasteiger charge is 2.47. The first-order valence-corrected chi connectivity index (χ1v) is 6.82. The predicted octanol–water partition coefficient (Wildman–Crippen LogP) is 1.59. The molecule has 102 valence electrons. The fraction of sp³-hybridized carbons (Fsp3) is 0.533. The summed E-state index contributed by atoms with van der Waals surface area (Å²) in [5.41, 5.74) is 2.92. The average molecular weight is 260 g/mol. The van der Waals surface area contributed by atoms with Gasteiger partial charge in [0.2, 0.25) is 0 Å². The molecule has 0 amide bonds. The molecule has 2 aliphatic heterocycles. The second-order valence-corrected chi connectivity index (χ2v) is 6.05. The number of benzene rings is 1. The highest BCUT2D eigenvalue weighted by molar-refractivity contribution is 5.69. The molecule has 1 spiro atoms. The molecule has 2 saturated heterocycles. The zero-order chi connectivity index (χ0) is 13.5. The average Bonchev–Trinajstić information content (AvgIpc) is 2.73. The smallest absolute Gasteiger partial charge is 0.317 e. The van der Waals surface area contributed by atoms with Crippen LogP contribution in [0, 0.1) is 12.3 Å². The van der Waals surface area contributed by atoms with Gasteiger partial charge in [-0.3, -0.25) is 9.69 Å². The molecule has 1 N–H and O–H groups in total. The molecule has 0 atom stereocenters. The van der Waals surface area contributed by atoms with Crippen molar-refractivity contribution in [1.82, 2.24) is 4.90 Å². The molecule has 0 radical (unpaired) electrons. The van der Waals surface area contributed by atoms with Gasteiger partial charge >= 0.3 is 5.97 Å². The number of rotatable bonds is 3. The van der Waals surface area contributed by atoms with Crippen molar-refractivity contribution >= 4 is 11.7 Å². The van der Waals surface area contributed by atoms with Gasteiger partial charge in [-0.05, 0) is 31.0 Å². The number of likely N-dealkylation sites (tertiary alicyclic amines) is 1. The highest BCUT2D eigenvalue weighted by Crippen LogP contribution is 2.40. The molecule has 0 unspecified atom stereocenters. The minimum Gasteiger partial charge on any atom is -0.480 e. The van der Waals surface area contributed by atoms with Crippen LogP contribution in [-0.4, -0.2) is 48.7 Å². The Labute approximate surface area is 113 Å². The van der Waals surface area contributed by atoms with E-state index in [-0.39, 0.29) is 6.54 Å². The van der Waals surface area contributed by atoms with E-state index in [0.717, 1.165) is 26.2 Å². The van der Waals surface area contributed by atoms with Crippen molar-refractivity contribution in [2.24, 2.45) is 5.41 Å². The lowest BCUT2D eigenvalue weighted by Crippen LogP contribution is -2.58. The maximum absolute atomic E-state index is 10.7. The number of aliphatic carboxylic acids is 1. The molecule has 1 aromatic rings. The Kier molecular flexibility index (Phi) is 2.97. The maximum Gasteiger partial charge on any atom is 0.317 e. The Morgan fingerprint density at radius 3 is 2.84 bits per heavy atom. The molecule has 0 aliphatic carbocycles. The Bertz CT molecular complexity index is 495. The van der Waals surface area contributed by atoms with Crippen molar-refractivity contribution in [2.75, 3.05) is 37.6 Å². The van der Waals surface area contributed by atoms with Crippen LogP contribution in [0.25, 0.3) is 0 Å². The van der Waals surface area contributed by atoms with E-state index >= 15 is 0 Å². The number of hydrogen-bond acceptors (Lipinski definition) is 3. The van der Waals surface area contributed by atoms with E-state index < -0.39 is 5.97 Å². The van der Waals surface area contributed by atoms with Gasteiger partial charge in [0, 0.05) is 37.3 Å². The molecular weight excluding hydrogens is 240 g/mol. The summed E-state index contributed by atoms with van der Waals surface area (Å²) in [6, 6.07) is 8.62. The van der Waals surface area contributed by atoms with Crippen molar-refractivity contribution in [2.45, 2.75) is 13.3 Å². The van der Waals surface area contributed by atoms with E-state index in [2.05, 4.69) is 36.1 Å². The quantitative estimate of drug-likeness (QED) is 0.896. The Morgan fingerprint density at radius 2 is 2.16 bits per heavy atom. The number of hydrogen-bond donors (Lipinski definition) is 1. The minimum atomic E-state index is -0.719. The van der Waals surface area contributed by atoms with Gasteiger partial charge < -0.3 is 10.0 Å². The zero-order valence-electron chi connectivity index (χ0n) is 11.3. The fourth-order valence-corrected chi connectivity index (χ4v) is 3.44. The first-order valence-electron chi connectivity index (χ1n) is 6.82. The van der Waals surface area contributed by atoms with Gasteiger partial charge in [-0.25, -0.2) is 0 Å². The van der Waals surface area contributed by atoms with E-state index in [1.807, 2.05) is 4.90 Å². The number of carboxylic acids is 1. The SMILES string of the molecule is Cc1cccc(N2CCC3(CN(CC(=O)O)C3)C2)c1. The molecular formula is C15H20N2O2. The summed E-state index contributed by atoms with van der Waals surface area (Å²) in [5.74, 6) is -0.719. The number of nitrogens with zero attached hydrogens (tertiary/aromatic N) is 2. The summed E-state index contributed by atoms with van der Waals surface area (Å²) in [6.07, 6.45) is 1.18.